The van der Waals surface area contributed by atoms with Crippen molar-refractivity contribution in [3.05, 3.63) is 0 Å². The number of nitrogens with zero attached hydrogens (tertiary/aromatic N) is 2. The van der Waals surface area contributed by atoms with E-state index >= 15 is 0 Å². The fraction of sp³-hybridized carbons (Fsp3) is 1.00. The Morgan fingerprint density at radius 1 is 0.900 bits per heavy atom. The Hall–Kier alpha value is -0.130. The van der Waals surface area contributed by atoms with Crippen molar-refractivity contribution in [1.82, 2.24) is 4.90 Å². The third kappa shape index (κ3) is 2.90. The number of piperidine rings is 2. The normalized spacial score (nSPS) is 37.9. The van der Waals surface area contributed by atoms with Gasteiger partial charge in [0.1, 0.15) is 11.8 Å². The molecule has 0 aromatic carbocycles. The Bertz CT molecular complexity index is 437. The van der Waals surface area contributed by atoms with E-state index < -0.39 is 9.84 Å². The molecule has 3 aliphatic rings. The molecule has 4 nitrogen and oxygen atoms in total. The molecule has 0 unspecified atom stereocenters. The van der Waals surface area contributed by atoms with Crippen LogP contribution in [0, 0.1) is 0 Å². The third-order valence-corrected chi connectivity index (χ3v) is 7.49. The summed E-state index contributed by atoms with van der Waals surface area (Å²) in [6.45, 7) is 4.56. The molecular weight excluding hydrogens is 272 g/mol. The summed E-state index contributed by atoms with van der Waals surface area (Å²) < 4.78 is 25.5. The van der Waals surface area contributed by atoms with E-state index in [-0.39, 0.29) is 6.04 Å². The summed E-state index contributed by atoms with van der Waals surface area (Å²) in [5.74, 6) is 0.830. The summed E-state index contributed by atoms with van der Waals surface area (Å²) in [6.07, 6.45) is 7.65. The Labute approximate surface area is 123 Å². The van der Waals surface area contributed by atoms with Crippen LogP contribution in [-0.4, -0.2) is 74.6 Å². The summed E-state index contributed by atoms with van der Waals surface area (Å²) in [7, 11) is -0.532. The lowest BCUT2D eigenvalue weighted by Gasteiger charge is -2.47. The maximum Gasteiger partial charge on any atom is 0.157 e. The van der Waals surface area contributed by atoms with Crippen LogP contribution in [0.2, 0.25) is 0 Å². The largest absolute Gasteiger partial charge is 0.321 e. The molecule has 0 radical (unpaired) electrons. The van der Waals surface area contributed by atoms with Gasteiger partial charge < -0.3 is 4.48 Å². The number of rotatable bonds is 2. The standard InChI is InChI=1S/C15H29N2O2S/c1-17(10-6-3-7-11-17)15-13-20(18,19)12-14(15)16-8-4-2-5-9-16/h14-15H,2-13H2,1H3/q+1/t14-,15-/m0/s1. The van der Waals surface area contributed by atoms with Crippen molar-refractivity contribution >= 4 is 9.84 Å². The number of hydrogen-bond donors (Lipinski definition) is 0. The molecule has 0 spiro atoms. The van der Waals surface area contributed by atoms with Gasteiger partial charge in [-0.25, -0.2) is 8.42 Å². The van der Waals surface area contributed by atoms with Crippen LogP contribution in [0.25, 0.3) is 0 Å². The lowest BCUT2D eigenvalue weighted by atomic mass is 9.98. The SMILES string of the molecule is C[N+]1([C@H]2CS(=O)(=O)C[C@@H]2N2CCCCC2)CCCCC1. The van der Waals surface area contributed by atoms with Gasteiger partial charge in [-0.3, -0.25) is 4.90 Å². The Kier molecular flexibility index (Phi) is 4.13. The van der Waals surface area contributed by atoms with Gasteiger partial charge in [-0.2, -0.15) is 0 Å². The van der Waals surface area contributed by atoms with Gasteiger partial charge in [-0.05, 0) is 45.2 Å². The lowest BCUT2D eigenvalue weighted by molar-refractivity contribution is -0.936. The highest BCUT2D eigenvalue weighted by molar-refractivity contribution is 7.91. The molecule has 2 atom stereocenters. The maximum atomic E-state index is 12.2. The molecule has 0 aromatic rings. The van der Waals surface area contributed by atoms with E-state index in [1.807, 2.05) is 0 Å². The minimum Gasteiger partial charge on any atom is -0.321 e. The van der Waals surface area contributed by atoms with Crippen LogP contribution in [0.3, 0.4) is 0 Å². The predicted octanol–water partition coefficient (Wildman–Crippen LogP) is 1.27. The van der Waals surface area contributed by atoms with E-state index in [2.05, 4.69) is 11.9 Å². The van der Waals surface area contributed by atoms with Crippen molar-refractivity contribution in [1.29, 1.82) is 0 Å². The molecule has 116 valence electrons. The smallest absolute Gasteiger partial charge is 0.157 e. The first-order chi connectivity index (χ1) is 9.50. The molecule has 3 saturated heterocycles. The zero-order valence-electron chi connectivity index (χ0n) is 12.8. The summed E-state index contributed by atoms with van der Waals surface area (Å²) in [5, 5.41) is 0. The molecule has 0 aliphatic carbocycles. The number of likely N-dealkylation sites (tertiary alicyclic amines) is 2. The van der Waals surface area contributed by atoms with E-state index in [4.69, 9.17) is 0 Å². The van der Waals surface area contributed by atoms with Gasteiger partial charge in [0.05, 0.1) is 31.9 Å². The van der Waals surface area contributed by atoms with Gasteiger partial charge >= 0.3 is 0 Å². The van der Waals surface area contributed by atoms with Crippen LogP contribution in [0.4, 0.5) is 0 Å². The van der Waals surface area contributed by atoms with Gasteiger partial charge in [0.2, 0.25) is 0 Å². The molecule has 3 aliphatic heterocycles. The second-order valence-electron chi connectivity index (χ2n) is 7.30. The van der Waals surface area contributed by atoms with E-state index in [1.54, 1.807) is 0 Å². The number of hydrogen-bond acceptors (Lipinski definition) is 3. The predicted molar refractivity (Wildman–Crippen MR) is 81.4 cm³/mol. The molecule has 0 aromatic heterocycles. The average Bonchev–Trinajstić information content (AvgIpc) is 2.78. The van der Waals surface area contributed by atoms with Gasteiger partial charge in [0, 0.05) is 0 Å². The molecular formula is C15H29N2O2S+. The molecule has 20 heavy (non-hydrogen) atoms. The fourth-order valence-corrected chi connectivity index (χ4v) is 6.76. The van der Waals surface area contributed by atoms with Crippen molar-refractivity contribution in [3.63, 3.8) is 0 Å². The molecule has 5 heteroatoms. The summed E-state index contributed by atoms with van der Waals surface area (Å²) in [4.78, 5) is 2.50. The minimum atomic E-state index is -2.84. The number of quaternary nitrogens is 1. The lowest BCUT2D eigenvalue weighted by Crippen LogP contribution is -2.63. The molecule has 0 saturated carbocycles. The molecule has 0 amide bonds. The average molecular weight is 301 g/mol. The van der Waals surface area contributed by atoms with Gasteiger partial charge in [-0.15, -0.1) is 0 Å². The first-order valence-corrected chi connectivity index (χ1v) is 10.1. The van der Waals surface area contributed by atoms with Crippen molar-refractivity contribution in [2.75, 3.05) is 44.7 Å². The molecule has 0 N–H and O–H groups in total. The van der Waals surface area contributed by atoms with Crippen LogP contribution in [-0.2, 0) is 9.84 Å². The summed E-state index contributed by atoms with van der Waals surface area (Å²) in [6, 6.07) is 0.599. The zero-order chi connectivity index (χ0) is 14.2. The van der Waals surface area contributed by atoms with Crippen molar-refractivity contribution in [2.45, 2.75) is 50.6 Å². The molecule has 3 fully saturated rings. The van der Waals surface area contributed by atoms with Crippen LogP contribution in [0.1, 0.15) is 38.5 Å². The van der Waals surface area contributed by atoms with Crippen molar-refractivity contribution in [2.24, 2.45) is 0 Å². The van der Waals surface area contributed by atoms with Gasteiger partial charge in [0.15, 0.2) is 9.84 Å². The fourth-order valence-electron chi connectivity index (χ4n) is 4.57. The Balaban J connectivity index is 1.82. The second kappa shape index (κ2) is 5.58. The number of likely N-dealkylation sites (N-methyl/N-ethyl adjacent to an activating group) is 1. The maximum absolute atomic E-state index is 12.2. The molecule has 3 rings (SSSR count). The third-order valence-electron chi connectivity index (χ3n) is 5.79. The highest BCUT2D eigenvalue weighted by atomic mass is 32.2. The first kappa shape index (κ1) is 14.8. The van der Waals surface area contributed by atoms with Crippen LogP contribution in [0.5, 0.6) is 0 Å². The van der Waals surface area contributed by atoms with E-state index in [1.165, 1.54) is 51.6 Å². The monoisotopic (exact) mass is 301 g/mol. The van der Waals surface area contributed by atoms with E-state index in [0.29, 0.717) is 17.5 Å². The summed E-state index contributed by atoms with van der Waals surface area (Å²) in [5.41, 5.74) is 0. The van der Waals surface area contributed by atoms with Gasteiger partial charge in [0.25, 0.3) is 0 Å². The molecule has 3 heterocycles. The zero-order valence-corrected chi connectivity index (χ0v) is 13.6. The first-order valence-electron chi connectivity index (χ1n) is 8.29. The van der Waals surface area contributed by atoms with Crippen LogP contribution < -0.4 is 0 Å². The highest BCUT2D eigenvalue weighted by Gasteiger charge is 2.50. The second-order valence-corrected chi connectivity index (χ2v) is 9.45. The molecule has 0 bridgehead atoms. The van der Waals surface area contributed by atoms with Crippen LogP contribution in [0.15, 0.2) is 0 Å². The Morgan fingerprint density at radius 2 is 1.50 bits per heavy atom. The van der Waals surface area contributed by atoms with E-state index in [0.717, 1.165) is 17.6 Å². The quantitative estimate of drug-likeness (QED) is 0.721. The topological polar surface area (TPSA) is 37.4 Å². The minimum absolute atomic E-state index is 0.281. The van der Waals surface area contributed by atoms with E-state index in [9.17, 15) is 8.42 Å². The van der Waals surface area contributed by atoms with Crippen LogP contribution >= 0.6 is 0 Å². The van der Waals surface area contributed by atoms with Gasteiger partial charge in [-0.1, -0.05) is 6.42 Å². The van der Waals surface area contributed by atoms with Crippen molar-refractivity contribution < 1.29 is 12.9 Å². The highest BCUT2D eigenvalue weighted by Crippen LogP contribution is 2.32. The Morgan fingerprint density at radius 3 is 2.15 bits per heavy atom. The van der Waals surface area contributed by atoms with Crippen molar-refractivity contribution in [3.8, 4) is 0 Å². The summed E-state index contributed by atoms with van der Waals surface area (Å²) >= 11 is 0. The number of sulfone groups is 1.